The number of anilines is 1. The van der Waals surface area contributed by atoms with Gasteiger partial charge in [-0.1, -0.05) is 23.3 Å². The standard InChI is InChI=1S/C13H8IN3O2S/c14-10-6-9(7-20-10)11(18)15-13-17-16-12(19-13)8-4-2-1-3-5-8/h1-7H,(H,15,17,18). The van der Waals surface area contributed by atoms with Gasteiger partial charge in [0.05, 0.1) is 8.45 Å². The number of rotatable bonds is 3. The fourth-order valence-corrected chi connectivity index (χ4v) is 2.90. The van der Waals surface area contributed by atoms with Crippen LogP contribution in [-0.4, -0.2) is 16.1 Å². The molecule has 7 heteroatoms. The molecule has 0 fully saturated rings. The summed E-state index contributed by atoms with van der Waals surface area (Å²) in [7, 11) is 0. The molecule has 3 rings (SSSR count). The van der Waals surface area contributed by atoms with E-state index in [1.807, 2.05) is 30.3 Å². The van der Waals surface area contributed by atoms with Crippen molar-refractivity contribution in [2.75, 3.05) is 5.32 Å². The fourth-order valence-electron chi connectivity index (χ4n) is 1.57. The van der Waals surface area contributed by atoms with E-state index in [9.17, 15) is 4.79 Å². The van der Waals surface area contributed by atoms with Crippen molar-refractivity contribution in [1.29, 1.82) is 0 Å². The van der Waals surface area contributed by atoms with Crippen LogP contribution in [0.25, 0.3) is 11.5 Å². The van der Waals surface area contributed by atoms with E-state index >= 15 is 0 Å². The Labute approximate surface area is 132 Å². The number of carbonyl (C=O) groups excluding carboxylic acids is 1. The molecule has 0 saturated carbocycles. The Hall–Kier alpha value is -1.74. The van der Waals surface area contributed by atoms with Crippen molar-refractivity contribution in [3.63, 3.8) is 0 Å². The lowest BCUT2D eigenvalue weighted by Gasteiger charge is -1.96. The molecule has 1 amide bonds. The van der Waals surface area contributed by atoms with Gasteiger partial charge in [0, 0.05) is 10.9 Å². The number of hydrogen-bond acceptors (Lipinski definition) is 5. The van der Waals surface area contributed by atoms with Crippen LogP contribution in [0, 0.1) is 2.88 Å². The number of hydrogen-bond donors (Lipinski definition) is 1. The molecule has 1 aromatic carbocycles. The number of nitrogens with one attached hydrogen (secondary N) is 1. The molecule has 0 aliphatic carbocycles. The van der Waals surface area contributed by atoms with Crippen LogP contribution in [0.2, 0.25) is 0 Å². The van der Waals surface area contributed by atoms with E-state index in [-0.39, 0.29) is 11.9 Å². The molecule has 0 saturated heterocycles. The average Bonchev–Trinajstić information content (AvgIpc) is 3.09. The molecule has 3 aromatic rings. The van der Waals surface area contributed by atoms with Gasteiger partial charge in [0.15, 0.2) is 0 Å². The third kappa shape index (κ3) is 2.88. The number of aromatic nitrogens is 2. The summed E-state index contributed by atoms with van der Waals surface area (Å²) >= 11 is 3.67. The van der Waals surface area contributed by atoms with Gasteiger partial charge in [-0.25, -0.2) is 0 Å². The van der Waals surface area contributed by atoms with E-state index in [2.05, 4.69) is 38.1 Å². The number of nitrogens with zero attached hydrogens (tertiary/aromatic N) is 2. The number of benzene rings is 1. The quantitative estimate of drug-likeness (QED) is 0.686. The first-order valence-corrected chi connectivity index (χ1v) is 7.62. The largest absolute Gasteiger partial charge is 0.403 e. The molecule has 0 unspecified atom stereocenters. The molecule has 0 bridgehead atoms. The molecular weight excluding hydrogens is 389 g/mol. The highest BCUT2D eigenvalue weighted by Crippen LogP contribution is 2.21. The highest BCUT2D eigenvalue weighted by molar-refractivity contribution is 14.1. The van der Waals surface area contributed by atoms with Crippen LogP contribution in [0.3, 0.4) is 0 Å². The topological polar surface area (TPSA) is 68.0 Å². The lowest BCUT2D eigenvalue weighted by molar-refractivity contribution is 0.102. The van der Waals surface area contributed by atoms with E-state index in [4.69, 9.17) is 4.42 Å². The maximum absolute atomic E-state index is 11.9. The third-order valence-corrected chi connectivity index (χ3v) is 4.28. The molecule has 5 nitrogen and oxygen atoms in total. The summed E-state index contributed by atoms with van der Waals surface area (Å²) in [6, 6.07) is 11.3. The Kier molecular flexibility index (Phi) is 3.79. The van der Waals surface area contributed by atoms with Crippen LogP contribution in [0.5, 0.6) is 0 Å². The summed E-state index contributed by atoms with van der Waals surface area (Å²) in [5.74, 6) is 0.119. The molecule has 100 valence electrons. The predicted molar refractivity (Wildman–Crippen MR) is 84.7 cm³/mol. The van der Waals surface area contributed by atoms with Crippen molar-refractivity contribution in [3.05, 3.63) is 50.2 Å². The van der Waals surface area contributed by atoms with E-state index in [1.165, 1.54) is 11.3 Å². The minimum absolute atomic E-state index is 0.0926. The first kappa shape index (κ1) is 13.3. The monoisotopic (exact) mass is 397 g/mol. The summed E-state index contributed by atoms with van der Waals surface area (Å²) in [5, 5.41) is 12.1. The molecule has 0 spiro atoms. The Morgan fingerprint density at radius 2 is 2.05 bits per heavy atom. The second-order valence-corrected chi connectivity index (χ2v) is 6.68. The highest BCUT2D eigenvalue weighted by atomic mass is 127. The number of amides is 1. The van der Waals surface area contributed by atoms with Gasteiger partial charge in [-0.05, 0) is 40.8 Å². The summed E-state index contributed by atoms with van der Waals surface area (Å²) in [5.41, 5.74) is 1.39. The molecule has 0 radical (unpaired) electrons. The zero-order valence-corrected chi connectivity index (χ0v) is 13.0. The van der Waals surface area contributed by atoms with Crippen LogP contribution in [0.15, 0.2) is 46.2 Å². The number of thiophene rings is 1. The van der Waals surface area contributed by atoms with Gasteiger partial charge in [-0.3, -0.25) is 10.1 Å². The van der Waals surface area contributed by atoms with Crippen molar-refractivity contribution in [1.82, 2.24) is 10.2 Å². The lowest BCUT2D eigenvalue weighted by atomic mass is 10.2. The van der Waals surface area contributed by atoms with Crippen LogP contribution >= 0.6 is 33.9 Å². The van der Waals surface area contributed by atoms with Crippen molar-refractivity contribution in [3.8, 4) is 11.5 Å². The molecule has 2 heterocycles. The second kappa shape index (κ2) is 5.71. The predicted octanol–water partition coefficient (Wildman–Crippen LogP) is 3.66. The molecule has 20 heavy (non-hydrogen) atoms. The van der Waals surface area contributed by atoms with Gasteiger partial charge in [0.1, 0.15) is 0 Å². The van der Waals surface area contributed by atoms with Crippen molar-refractivity contribution in [2.45, 2.75) is 0 Å². The van der Waals surface area contributed by atoms with Gasteiger partial charge in [-0.15, -0.1) is 16.4 Å². The van der Waals surface area contributed by atoms with Gasteiger partial charge in [0.2, 0.25) is 5.89 Å². The van der Waals surface area contributed by atoms with Gasteiger partial charge < -0.3 is 4.42 Å². The zero-order chi connectivity index (χ0) is 13.9. The molecule has 0 aliphatic heterocycles. The van der Waals surface area contributed by atoms with Crippen molar-refractivity contribution in [2.24, 2.45) is 0 Å². The summed E-state index contributed by atoms with van der Waals surface area (Å²) < 4.78 is 6.46. The minimum Gasteiger partial charge on any atom is -0.403 e. The van der Waals surface area contributed by atoms with E-state index < -0.39 is 0 Å². The Morgan fingerprint density at radius 3 is 2.75 bits per heavy atom. The fraction of sp³-hybridized carbons (Fsp3) is 0. The molecule has 2 aromatic heterocycles. The maximum Gasteiger partial charge on any atom is 0.322 e. The molecule has 0 atom stereocenters. The SMILES string of the molecule is O=C(Nc1nnc(-c2ccccc2)o1)c1csc(I)c1. The summed E-state index contributed by atoms with van der Waals surface area (Å²) in [4.78, 5) is 11.9. The second-order valence-electron chi connectivity index (χ2n) is 3.87. The maximum atomic E-state index is 11.9. The molecular formula is C13H8IN3O2S. The van der Waals surface area contributed by atoms with Crippen molar-refractivity contribution >= 4 is 45.8 Å². The van der Waals surface area contributed by atoms with Crippen LogP contribution < -0.4 is 5.32 Å². The van der Waals surface area contributed by atoms with Gasteiger partial charge in [0.25, 0.3) is 5.91 Å². The Bertz CT molecular complexity index is 739. The first-order valence-electron chi connectivity index (χ1n) is 5.67. The van der Waals surface area contributed by atoms with Crippen molar-refractivity contribution < 1.29 is 9.21 Å². The average molecular weight is 397 g/mol. The van der Waals surface area contributed by atoms with E-state index in [1.54, 1.807) is 11.4 Å². The van der Waals surface area contributed by atoms with Crippen LogP contribution in [0.1, 0.15) is 10.4 Å². The Balaban J connectivity index is 1.76. The molecule has 1 N–H and O–H groups in total. The highest BCUT2D eigenvalue weighted by Gasteiger charge is 2.13. The van der Waals surface area contributed by atoms with Crippen LogP contribution in [-0.2, 0) is 0 Å². The minimum atomic E-state index is -0.257. The zero-order valence-electron chi connectivity index (χ0n) is 10.0. The van der Waals surface area contributed by atoms with Gasteiger partial charge >= 0.3 is 6.01 Å². The number of halogens is 1. The summed E-state index contributed by atoms with van der Waals surface area (Å²) in [6.45, 7) is 0. The molecule has 0 aliphatic rings. The normalized spacial score (nSPS) is 10.4. The summed E-state index contributed by atoms with van der Waals surface area (Å²) in [6.07, 6.45) is 0. The van der Waals surface area contributed by atoms with Crippen LogP contribution in [0.4, 0.5) is 6.01 Å². The first-order chi connectivity index (χ1) is 9.72. The smallest absolute Gasteiger partial charge is 0.322 e. The number of carbonyl (C=O) groups is 1. The van der Waals surface area contributed by atoms with E-state index in [0.717, 1.165) is 8.45 Å². The van der Waals surface area contributed by atoms with E-state index in [0.29, 0.717) is 11.5 Å². The van der Waals surface area contributed by atoms with Gasteiger partial charge in [-0.2, -0.15) is 0 Å². The lowest BCUT2D eigenvalue weighted by Crippen LogP contribution is -2.10. The third-order valence-electron chi connectivity index (χ3n) is 2.50. The Morgan fingerprint density at radius 1 is 1.25 bits per heavy atom.